The van der Waals surface area contributed by atoms with E-state index in [9.17, 15) is 0 Å². The Morgan fingerprint density at radius 1 is 1.15 bits per heavy atom. The highest BCUT2D eigenvalue weighted by Crippen LogP contribution is 2.49. The minimum atomic E-state index is -2.76. The second kappa shape index (κ2) is 9.68. The summed E-state index contributed by atoms with van der Waals surface area (Å²) in [5.74, 6) is 1.39. The van der Waals surface area contributed by atoms with Gasteiger partial charge in [0, 0.05) is 17.9 Å². The first-order valence-corrected chi connectivity index (χ1v) is 10.2. The van der Waals surface area contributed by atoms with Crippen LogP contribution in [0, 0.1) is 0 Å². The zero-order valence-corrected chi connectivity index (χ0v) is 14.6. The molecule has 1 heterocycles. The Hall–Kier alpha value is -0.200. The van der Waals surface area contributed by atoms with Gasteiger partial charge < -0.3 is 4.52 Å². The molecule has 5 nitrogen and oxygen atoms in total. The van der Waals surface area contributed by atoms with Crippen molar-refractivity contribution in [2.45, 2.75) is 38.6 Å². The molecule has 8 heteroatoms. The standard InChI is InChI=1S/C12H21N2O3PS2/c1-4-7-10-20-12-9-8-11(13-14-12)17-18(19,15-5-2)16-6-3/h8-9H,4-7,10H2,1-3H3. The van der Waals surface area contributed by atoms with Gasteiger partial charge in [0.25, 0.3) is 0 Å². The van der Waals surface area contributed by atoms with Crippen LogP contribution in [0.5, 0.6) is 5.88 Å². The van der Waals surface area contributed by atoms with Crippen LogP contribution >= 0.6 is 18.5 Å². The molecule has 0 bridgehead atoms. The maximum atomic E-state index is 5.56. The summed E-state index contributed by atoms with van der Waals surface area (Å²) in [4.78, 5) is 0. The van der Waals surface area contributed by atoms with Gasteiger partial charge in [-0.2, -0.15) is 0 Å². The van der Waals surface area contributed by atoms with Crippen LogP contribution in [-0.4, -0.2) is 29.2 Å². The Morgan fingerprint density at radius 2 is 1.85 bits per heavy atom. The average molecular weight is 336 g/mol. The Morgan fingerprint density at radius 3 is 2.35 bits per heavy atom. The molecule has 0 N–H and O–H groups in total. The van der Waals surface area contributed by atoms with Crippen LogP contribution in [0.4, 0.5) is 0 Å². The minimum absolute atomic E-state index is 0.343. The number of thioether (sulfide) groups is 1. The number of aromatic nitrogens is 2. The number of unbranched alkanes of at least 4 members (excludes halogenated alkanes) is 1. The molecule has 1 rings (SSSR count). The van der Waals surface area contributed by atoms with E-state index < -0.39 is 6.72 Å². The molecule has 0 aromatic carbocycles. The first kappa shape index (κ1) is 17.9. The van der Waals surface area contributed by atoms with Crippen LogP contribution in [0.2, 0.25) is 0 Å². The predicted molar refractivity (Wildman–Crippen MR) is 85.8 cm³/mol. The van der Waals surface area contributed by atoms with Crippen LogP contribution in [0.25, 0.3) is 0 Å². The van der Waals surface area contributed by atoms with Crippen LogP contribution < -0.4 is 4.52 Å². The maximum absolute atomic E-state index is 5.56. The van der Waals surface area contributed by atoms with Gasteiger partial charge >= 0.3 is 6.72 Å². The molecular weight excluding hydrogens is 315 g/mol. The third-order valence-electron chi connectivity index (χ3n) is 2.14. The molecule has 0 aliphatic rings. The highest BCUT2D eigenvalue weighted by atomic mass is 32.5. The van der Waals surface area contributed by atoms with Gasteiger partial charge in [0.2, 0.25) is 5.88 Å². The third-order valence-corrected chi connectivity index (χ3v) is 5.57. The van der Waals surface area contributed by atoms with E-state index in [-0.39, 0.29) is 0 Å². The average Bonchev–Trinajstić information content (AvgIpc) is 2.41. The largest absolute Gasteiger partial charge is 0.404 e. The van der Waals surface area contributed by atoms with Crippen molar-refractivity contribution in [3.05, 3.63) is 12.1 Å². The van der Waals surface area contributed by atoms with Crippen LogP contribution in [0.15, 0.2) is 17.2 Å². The van der Waals surface area contributed by atoms with Crippen LogP contribution in [0.3, 0.4) is 0 Å². The monoisotopic (exact) mass is 336 g/mol. The lowest BCUT2D eigenvalue weighted by molar-refractivity contribution is 0.215. The van der Waals surface area contributed by atoms with E-state index >= 15 is 0 Å². The molecule has 0 spiro atoms. The van der Waals surface area contributed by atoms with Crippen molar-refractivity contribution < 1.29 is 13.6 Å². The van der Waals surface area contributed by atoms with E-state index in [0.29, 0.717) is 19.1 Å². The molecule has 0 saturated carbocycles. The lowest BCUT2D eigenvalue weighted by Gasteiger charge is -2.19. The second-order valence-electron chi connectivity index (χ2n) is 3.79. The molecule has 0 fully saturated rings. The maximum Gasteiger partial charge on any atom is 0.381 e. The van der Waals surface area contributed by atoms with Crippen molar-refractivity contribution in [2.75, 3.05) is 19.0 Å². The van der Waals surface area contributed by atoms with E-state index in [4.69, 9.17) is 25.4 Å². The second-order valence-corrected chi connectivity index (χ2v) is 7.84. The van der Waals surface area contributed by atoms with Crippen molar-refractivity contribution in [1.29, 1.82) is 0 Å². The lowest BCUT2D eigenvalue weighted by atomic mass is 10.4. The van der Waals surface area contributed by atoms with Gasteiger partial charge in [0.15, 0.2) is 0 Å². The molecule has 0 radical (unpaired) electrons. The van der Waals surface area contributed by atoms with E-state index in [0.717, 1.165) is 10.8 Å². The van der Waals surface area contributed by atoms with Crippen molar-refractivity contribution in [3.63, 3.8) is 0 Å². The van der Waals surface area contributed by atoms with E-state index in [1.165, 1.54) is 12.8 Å². The number of nitrogens with zero attached hydrogens (tertiary/aromatic N) is 2. The number of hydrogen-bond donors (Lipinski definition) is 0. The van der Waals surface area contributed by atoms with Crippen LogP contribution in [0.1, 0.15) is 33.6 Å². The van der Waals surface area contributed by atoms with E-state index in [1.807, 2.05) is 19.9 Å². The van der Waals surface area contributed by atoms with Crippen molar-refractivity contribution in [3.8, 4) is 5.88 Å². The van der Waals surface area contributed by atoms with E-state index in [1.54, 1.807) is 17.8 Å². The molecule has 0 atom stereocenters. The van der Waals surface area contributed by atoms with Gasteiger partial charge in [0.05, 0.1) is 13.2 Å². The summed E-state index contributed by atoms with van der Waals surface area (Å²) < 4.78 is 16.3. The summed E-state index contributed by atoms with van der Waals surface area (Å²) in [7, 11) is 0. The molecule has 0 aliphatic heterocycles. The topological polar surface area (TPSA) is 53.5 Å². The summed E-state index contributed by atoms with van der Waals surface area (Å²) in [5.41, 5.74) is 0. The summed E-state index contributed by atoms with van der Waals surface area (Å²) >= 11 is 6.96. The number of hydrogen-bond acceptors (Lipinski definition) is 7. The minimum Gasteiger partial charge on any atom is -0.404 e. The summed E-state index contributed by atoms with van der Waals surface area (Å²) in [6.45, 7) is 3.99. The molecule has 0 saturated heterocycles. The third kappa shape index (κ3) is 6.50. The molecule has 1 aromatic heterocycles. The molecule has 1 aromatic rings. The first-order chi connectivity index (χ1) is 9.63. The zero-order valence-electron chi connectivity index (χ0n) is 12.1. The van der Waals surface area contributed by atoms with Gasteiger partial charge in [-0.3, -0.25) is 9.05 Å². The first-order valence-electron chi connectivity index (χ1n) is 6.68. The quantitative estimate of drug-likeness (QED) is 0.363. The van der Waals surface area contributed by atoms with E-state index in [2.05, 4.69) is 17.1 Å². The molecule has 114 valence electrons. The summed E-state index contributed by atoms with van der Waals surface area (Å²) in [5, 5.41) is 9.00. The summed E-state index contributed by atoms with van der Waals surface area (Å²) in [6.07, 6.45) is 2.34. The molecular formula is C12H21N2O3PS2. The van der Waals surface area contributed by atoms with Crippen molar-refractivity contribution >= 4 is 30.3 Å². The Balaban J connectivity index is 2.61. The Labute approximate surface area is 130 Å². The Bertz CT molecular complexity index is 421. The zero-order chi connectivity index (χ0) is 14.8. The molecule has 0 amide bonds. The smallest absolute Gasteiger partial charge is 0.381 e. The number of rotatable bonds is 10. The highest BCUT2D eigenvalue weighted by Gasteiger charge is 2.22. The van der Waals surface area contributed by atoms with Crippen molar-refractivity contribution in [2.24, 2.45) is 0 Å². The van der Waals surface area contributed by atoms with Gasteiger partial charge in [-0.15, -0.1) is 22.0 Å². The van der Waals surface area contributed by atoms with Gasteiger partial charge in [0.1, 0.15) is 5.03 Å². The SMILES string of the molecule is CCCCSc1ccc(OP(=S)(OCC)OCC)nn1. The van der Waals surface area contributed by atoms with Crippen LogP contribution in [-0.2, 0) is 20.9 Å². The highest BCUT2D eigenvalue weighted by molar-refractivity contribution is 8.07. The van der Waals surface area contributed by atoms with Gasteiger partial charge in [-0.25, -0.2) is 0 Å². The molecule has 0 unspecified atom stereocenters. The Kier molecular flexibility index (Phi) is 8.64. The fourth-order valence-electron chi connectivity index (χ4n) is 1.28. The van der Waals surface area contributed by atoms with Gasteiger partial charge in [-0.1, -0.05) is 13.3 Å². The molecule has 20 heavy (non-hydrogen) atoms. The van der Waals surface area contributed by atoms with Crippen molar-refractivity contribution in [1.82, 2.24) is 10.2 Å². The summed E-state index contributed by atoms with van der Waals surface area (Å²) in [6, 6.07) is 3.63. The normalized spacial score (nSPS) is 11.6. The predicted octanol–water partition coefficient (Wildman–Crippen LogP) is 4.05. The fraction of sp³-hybridized carbons (Fsp3) is 0.667. The lowest BCUT2D eigenvalue weighted by Crippen LogP contribution is -2.03. The fourth-order valence-corrected chi connectivity index (χ4v) is 4.18. The van der Waals surface area contributed by atoms with Gasteiger partial charge in [-0.05, 0) is 32.1 Å². The molecule has 0 aliphatic carbocycles.